The fourth-order valence-corrected chi connectivity index (χ4v) is 2.80. The third-order valence-corrected chi connectivity index (χ3v) is 4.59. The van der Waals surface area contributed by atoms with Crippen LogP contribution in [-0.2, 0) is 20.2 Å². The van der Waals surface area contributed by atoms with Crippen LogP contribution in [0.2, 0.25) is 0 Å². The van der Waals surface area contributed by atoms with Gasteiger partial charge in [0.25, 0.3) is 20.2 Å². The van der Waals surface area contributed by atoms with Gasteiger partial charge in [0.1, 0.15) is 16.4 Å². The molecule has 0 aliphatic carbocycles. The first-order valence-electron chi connectivity index (χ1n) is 6.11. The molecular weight excluding hydrogens is 364 g/mol. The van der Waals surface area contributed by atoms with Crippen LogP contribution in [0.5, 0.6) is 11.5 Å². The molecule has 0 fully saturated rings. The molecule has 0 amide bonds. The molecule has 6 N–H and O–H groups in total. The van der Waals surface area contributed by atoms with Crippen LogP contribution in [0.15, 0.2) is 46.2 Å². The van der Waals surface area contributed by atoms with Crippen molar-refractivity contribution in [3.8, 4) is 11.5 Å². The Hall–Kier alpha value is -2.54. The Balaban J connectivity index is 2.24. The van der Waals surface area contributed by atoms with E-state index in [1.807, 2.05) is 0 Å². The van der Waals surface area contributed by atoms with E-state index in [9.17, 15) is 27.0 Å². The minimum absolute atomic E-state index is 0.108. The molecule has 24 heavy (non-hydrogen) atoms. The van der Waals surface area contributed by atoms with Gasteiger partial charge in [-0.2, -0.15) is 16.8 Å². The van der Waals surface area contributed by atoms with Crippen LogP contribution >= 0.6 is 0 Å². The smallest absolute Gasteiger partial charge is 0.298 e. The highest BCUT2D eigenvalue weighted by Gasteiger charge is 2.16. The maximum absolute atomic E-state index is 11.1. The van der Waals surface area contributed by atoms with Crippen molar-refractivity contribution in [1.82, 2.24) is 0 Å². The van der Waals surface area contributed by atoms with Crippen molar-refractivity contribution < 1.29 is 36.2 Å². The summed E-state index contributed by atoms with van der Waals surface area (Å²) in [7, 11) is -9.05. The SMILES string of the molecule is O=S(=O)(O)c1ccc(O)c(NNc2ccc(S(=O)(=O)O)c(O)c2)c1. The highest BCUT2D eigenvalue weighted by atomic mass is 32.2. The molecule has 2 aromatic rings. The van der Waals surface area contributed by atoms with E-state index >= 15 is 0 Å². The monoisotopic (exact) mass is 376 g/mol. The molecule has 0 radical (unpaired) electrons. The average molecular weight is 376 g/mol. The summed E-state index contributed by atoms with van der Waals surface area (Å²) >= 11 is 0. The summed E-state index contributed by atoms with van der Waals surface area (Å²) in [4.78, 5) is -1.15. The van der Waals surface area contributed by atoms with E-state index < -0.39 is 35.8 Å². The van der Waals surface area contributed by atoms with Gasteiger partial charge in [-0.3, -0.25) is 14.5 Å². The minimum atomic E-state index is -4.58. The van der Waals surface area contributed by atoms with E-state index in [1.54, 1.807) is 0 Å². The second-order valence-electron chi connectivity index (χ2n) is 4.56. The van der Waals surface area contributed by atoms with Crippen LogP contribution in [0.1, 0.15) is 0 Å². The number of hydrazine groups is 1. The van der Waals surface area contributed by atoms with Crippen molar-refractivity contribution >= 4 is 31.6 Å². The van der Waals surface area contributed by atoms with E-state index in [0.29, 0.717) is 0 Å². The maximum Gasteiger partial charge on any atom is 0.298 e. The Morgan fingerprint density at radius 1 is 0.750 bits per heavy atom. The van der Waals surface area contributed by atoms with Crippen LogP contribution in [-0.4, -0.2) is 36.2 Å². The van der Waals surface area contributed by atoms with Crippen molar-refractivity contribution in [1.29, 1.82) is 0 Å². The van der Waals surface area contributed by atoms with Gasteiger partial charge in [-0.15, -0.1) is 0 Å². The Bertz CT molecular complexity index is 986. The van der Waals surface area contributed by atoms with Gasteiger partial charge in [0.05, 0.1) is 16.3 Å². The number of rotatable bonds is 5. The second-order valence-corrected chi connectivity index (χ2v) is 7.37. The molecule has 12 heteroatoms. The first-order valence-corrected chi connectivity index (χ1v) is 8.99. The summed E-state index contributed by atoms with van der Waals surface area (Å²) in [5, 5.41) is 19.2. The molecule has 130 valence electrons. The molecule has 2 rings (SSSR count). The number of aromatic hydroxyl groups is 2. The molecule has 10 nitrogen and oxygen atoms in total. The molecule has 0 spiro atoms. The lowest BCUT2D eigenvalue weighted by atomic mass is 10.3. The number of phenolic OH excluding ortho intramolecular Hbond substituents is 2. The molecule has 0 saturated carbocycles. The van der Waals surface area contributed by atoms with Crippen molar-refractivity contribution in [2.24, 2.45) is 0 Å². The number of hydrogen-bond acceptors (Lipinski definition) is 8. The molecule has 0 aliphatic rings. The summed E-state index contributed by atoms with van der Waals surface area (Å²) < 4.78 is 61.9. The van der Waals surface area contributed by atoms with Gasteiger partial charge in [0.15, 0.2) is 0 Å². The summed E-state index contributed by atoms with van der Waals surface area (Å²) in [5.41, 5.74) is 4.93. The first kappa shape index (κ1) is 17.8. The topological polar surface area (TPSA) is 173 Å². The highest BCUT2D eigenvalue weighted by Crippen LogP contribution is 2.28. The van der Waals surface area contributed by atoms with Gasteiger partial charge in [-0.1, -0.05) is 0 Å². The Labute approximate surface area is 136 Å². The number of anilines is 2. The number of nitrogens with one attached hydrogen (secondary N) is 2. The summed E-state index contributed by atoms with van der Waals surface area (Å²) in [6.07, 6.45) is 0. The molecule has 0 heterocycles. The predicted octanol–water partition coefficient (Wildman–Crippen LogP) is 1.03. The summed E-state index contributed by atoms with van der Waals surface area (Å²) in [5.74, 6) is -1.06. The Morgan fingerprint density at radius 2 is 1.42 bits per heavy atom. The molecule has 2 aromatic carbocycles. The van der Waals surface area contributed by atoms with Gasteiger partial charge in [-0.05, 0) is 30.3 Å². The van der Waals surface area contributed by atoms with Crippen molar-refractivity contribution in [3.05, 3.63) is 36.4 Å². The maximum atomic E-state index is 11.1. The molecule has 0 unspecified atom stereocenters. The van der Waals surface area contributed by atoms with E-state index in [1.165, 1.54) is 6.07 Å². The van der Waals surface area contributed by atoms with Crippen LogP contribution in [0.4, 0.5) is 11.4 Å². The van der Waals surface area contributed by atoms with Crippen molar-refractivity contribution in [2.75, 3.05) is 10.9 Å². The average Bonchev–Trinajstić information content (AvgIpc) is 2.43. The lowest BCUT2D eigenvalue weighted by Crippen LogP contribution is -2.10. The third-order valence-electron chi connectivity index (χ3n) is 2.84. The van der Waals surface area contributed by atoms with Gasteiger partial charge >= 0.3 is 0 Å². The summed E-state index contributed by atoms with van der Waals surface area (Å²) in [6, 6.07) is 6.07. The fourth-order valence-electron chi connectivity index (χ4n) is 1.73. The number of hydrogen-bond donors (Lipinski definition) is 6. The fraction of sp³-hybridized carbons (Fsp3) is 0. The molecule has 0 aromatic heterocycles. The molecule has 0 aliphatic heterocycles. The normalized spacial score (nSPS) is 11.9. The van der Waals surface area contributed by atoms with Crippen LogP contribution < -0.4 is 10.9 Å². The zero-order valence-electron chi connectivity index (χ0n) is 11.7. The zero-order valence-corrected chi connectivity index (χ0v) is 13.3. The second kappa shape index (κ2) is 6.16. The van der Waals surface area contributed by atoms with Gasteiger partial charge < -0.3 is 15.6 Å². The largest absolute Gasteiger partial charge is 0.506 e. The van der Waals surface area contributed by atoms with Crippen molar-refractivity contribution in [2.45, 2.75) is 9.79 Å². The van der Waals surface area contributed by atoms with E-state index in [4.69, 9.17) is 9.11 Å². The van der Waals surface area contributed by atoms with Crippen LogP contribution in [0, 0.1) is 0 Å². The van der Waals surface area contributed by atoms with E-state index in [2.05, 4.69) is 10.9 Å². The highest BCUT2D eigenvalue weighted by molar-refractivity contribution is 7.86. The Kier molecular flexibility index (Phi) is 4.57. The van der Waals surface area contributed by atoms with Crippen LogP contribution in [0.25, 0.3) is 0 Å². The quantitative estimate of drug-likeness (QED) is 0.251. The summed E-state index contributed by atoms with van der Waals surface area (Å²) in [6.45, 7) is 0. The van der Waals surface area contributed by atoms with Crippen molar-refractivity contribution in [3.63, 3.8) is 0 Å². The number of phenols is 2. The molecular formula is C12H12N2O8S2. The third kappa shape index (κ3) is 4.05. The minimum Gasteiger partial charge on any atom is -0.506 e. The van der Waals surface area contributed by atoms with Crippen LogP contribution in [0.3, 0.4) is 0 Å². The zero-order chi connectivity index (χ0) is 18.1. The van der Waals surface area contributed by atoms with Gasteiger partial charge in [0.2, 0.25) is 0 Å². The van der Waals surface area contributed by atoms with E-state index in [0.717, 1.165) is 30.3 Å². The Morgan fingerprint density at radius 3 is 1.96 bits per heavy atom. The standard InChI is InChI=1S/C12H12N2O8S2/c15-10-3-2-8(23(17,18)19)6-9(10)14-13-7-1-4-12(11(16)5-7)24(20,21)22/h1-6,13-16H,(H,17,18,19)(H,20,21,22). The predicted molar refractivity (Wildman–Crippen MR) is 83.1 cm³/mol. The molecule has 0 bridgehead atoms. The first-order chi connectivity index (χ1) is 11.0. The van der Waals surface area contributed by atoms with E-state index in [-0.39, 0.29) is 17.1 Å². The lowest BCUT2D eigenvalue weighted by Gasteiger charge is -2.13. The molecule has 0 saturated heterocycles. The van der Waals surface area contributed by atoms with Gasteiger partial charge in [-0.25, -0.2) is 0 Å². The van der Waals surface area contributed by atoms with Gasteiger partial charge in [0, 0.05) is 6.07 Å². The molecule has 0 atom stereocenters. The lowest BCUT2D eigenvalue weighted by molar-refractivity contribution is 0.443. The number of benzene rings is 2.